The van der Waals surface area contributed by atoms with Crippen molar-refractivity contribution < 1.29 is 23.0 Å². The second-order valence-electron chi connectivity index (χ2n) is 5.55. The third-order valence-corrected chi connectivity index (χ3v) is 4.96. The van der Waals surface area contributed by atoms with Crippen LogP contribution in [0.1, 0.15) is 35.3 Å². The first kappa shape index (κ1) is 19.1. The number of anilines is 1. The Bertz CT molecular complexity index is 754. The molecule has 0 bridgehead atoms. The van der Waals surface area contributed by atoms with Gasteiger partial charge in [0.25, 0.3) is 0 Å². The fourth-order valence-corrected chi connectivity index (χ4v) is 3.84. The molecule has 2 aromatic rings. The van der Waals surface area contributed by atoms with Crippen LogP contribution in [0.2, 0.25) is 0 Å². The van der Waals surface area contributed by atoms with Crippen LogP contribution in [0.25, 0.3) is 0 Å². The summed E-state index contributed by atoms with van der Waals surface area (Å²) in [6, 6.07) is 12.9. The number of benzene rings is 2. The fourth-order valence-electron chi connectivity index (χ4n) is 2.06. The average molecular weight is 453 g/mol. The number of carbonyl (C=O) groups is 1. The minimum absolute atomic E-state index is 0.0384. The first-order valence-corrected chi connectivity index (χ1v) is 12.8. The predicted octanol–water partition coefficient (Wildman–Crippen LogP) is 5.11. The van der Waals surface area contributed by atoms with Crippen molar-refractivity contribution in [3.63, 3.8) is 0 Å². The van der Waals surface area contributed by atoms with Gasteiger partial charge in [0, 0.05) is 0 Å². The van der Waals surface area contributed by atoms with E-state index >= 15 is 0 Å². The molecule has 0 atom stereocenters. The Morgan fingerprint density at radius 3 is 2.42 bits per heavy atom. The summed E-state index contributed by atoms with van der Waals surface area (Å²) >= 11 is -2.01. The van der Waals surface area contributed by atoms with Gasteiger partial charge in [-0.05, 0) is 0 Å². The first-order chi connectivity index (χ1) is 11.3. The summed E-state index contributed by atoms with van der Waals surface area (Å²) in [5.41, 5.74) is 3.19. The summed E-state index contributed by atoms with van der Waals surface area (Å²) < 4.78 is 7.58. The maximum atomic E-state index is 12.3. The normalized spacial score (nSPS) is 11.2. The van der Waals surface area contributed by atoms with Crippen LogP contribution in [0.5, 0.6) is 5.75 Å². The molecule has 0 saturated heterocycles. The SMILES string of the molecule is Cc1ccc(C(=O)Nc2ccc(OC(C)C)c([CH]=[Ru]([Cl])[Cl])c2)cc1. The Morgan fingerprint density at radius 2 is 1.83 bits per heavy atom. The molecule has 0 fully saturated rings. The van der Waals surface area contributed by atoms with E-state index in [1.54, 1.807) is 18.2 Å². The van der Waals surface area contributed by atoms with Gasteiger partial charge in [0.15, 0.2) is 0 Å². The van der Waals surface area contributed by atoms with Gasteiger partial charge >= 0.3 is 156 Å². The zero-order valence-corrected chi connectivity index (χ0v) is 16.9. The van der Waals surface area contributed by atoms with Crippen LogP contribution in [0.3, 0.4) is 0 Å². The number of halogens is 2. The van der Waals surface area contributed by atoms with Crippen LogP contribution < -0.4 is 10.1 Å². The molecular weight excluding hydrogens is 434 g/mol. The third kappa shape index (κ3) is 5.70. The summed E-state index contributed by atoms with van der Waals surface area (Å²) in [6.07, 6.45) is 0.0384. The molecule has 0 aliphatic carbocycles. The number of rotatable bonds is 5. The van der Waals surface area contributed by atoms with Gasteiger partial charge in [0.05, 0.1) is 0 Å². The third-order valence-electron chi connectivity index (χ3n) is 3.13. The van der Waals surface area contributed by atoms with Crippen molar-refractivity contribution >= 4 is 35.6 Å². The van der Waals surface area contributed by atoms with Crippen LogP contribution in [-0.2, 0) is 13.5 Å². The molecule has 0 radical (unpaired) electrons. The predicted molar refractivity (Wildman–Crippen MR) is 98.2 cm³/mol. The quantitative estimate of drug-likeness (QED) is 0.639. The van der Waals surface area contributed by atoms with E-state index in [0.717, 1.165) is 11.1 Å². The van der Waals surface area contributed by atoms with Gasteiger partial charge in [-0.2, -0.15) is 0 Å². The standard InChI is InChI=1S/C18H19NO2.2ClH.Ru/c1-12(2)21-17-10-9-16(11-14(17)4)19-18(20)15-7-5-13(3)6-8-15;;;/h4-12H,1-3H3,(H,19,20);2*1H;/q;;;+2/p-2. The molecule has 0 aromatic heterocycles. The molecule has 0 aliphatic heterocycles. The van der Waals surface area contributed by atoms with Crippen LogP contribution in [0, 0.1) is 6.92 Å². The zero-order chi connectivity index (χ0) is 17.7. The Hall–Kier alpha value is -1.22. The van der Waals surface area contributed by atoms with E-state index in [1.165, 1.54) is 0 Å². The molecule has 130 valence electrons. The van der Waals surface area contributed by atoms with E-state index in [4.69, 9.17) is 24.1 Å². The number of aryl methyl sites for hydroxylation is 1. The molecule has 2 aromatic carbocycles. The molecule has 2 rings (SSSR count). The van der Waals surface area contributed by atoms with Crippen molar-refractivity contribution in [3.8, 4) is 5.75 Å². The van der Waals surface area contributed by atoms with E-state index in [0.29, 0.717) is 17.0 Å². The number of nitrogens with one attached hydrogen (secondary N) is 1. The molecule has 0 aliphatic rings. The Morgan fingerprint density at radius 1 is 1.17 bits per heavy atom. The zero-order valence-electron chi connectivity index (χ0n) is 13.6. The second-order valence-corrected chi connectivity index (χ2v) is 11.3. The van der Waals surface area contributed by atoms with Gasteiger partial charge in [-0.1, -0.05) is 0 Å². The molecule has 0 unspecified atom stereocenters. The summed E-state index contributed by atoms with van der Waals surface area (Å²) in [5, 5.41) is 2.89. The molecular formula is C18H19Cl2NO2Ru. The monoisotopic (exact) mass is 453 g/mol. The number of hydrogen-bond acceptors (Lipinski definition) is 2. The Balaban J connectivity index is 2.25. The van der Waals surface area contributed by atoms with E-state index in [2.05, 4.69) is 5.32 Å². The first-order valence-electron chi connectivity index (χ1n) is 7.37. The molecule has 1 N–H and O–H groups in total. The molecule has 0 saturated carbocycles. The van der Waals surface area contributed by atoms with Crippen LogP contribution in [0.4, 0.5) is 5.69 Å². The second kappa shape index (κ2) is 8.75. The van der Waals surface area contributed by atoms with Crippen LogP contribution >= 0.6 is 19.4 Å². The van der Waals surface area contributed by atoms with Crippen molar-refractivity contribution in [2.24, 2.45) is 0 Å². The molecule has 0 heterocycles. The maximum absolute atomic E-state index is 12.3. The average Bonchev–Trinajstić information content (AvgIpc) is 2.49. The molecule has 3 nitrogen and oxygen atoms in total. The molecule has 24 heavy (non-hydrogen) atoms. The molecule has 6 heteroatoms. The summed E-state index contributed by atoms with van der Waals surface area (Å²) in [5.74, 6) is 0.544. The van der Waals surface area contributed by atoms with Gasteiger partial charge in [-0.25, -0.2) is 0 Å². The van der Waals surface area contributed by atoms with E-state index in [-0.39, 0.29) is 12.0 Å². The van der Waals surface area contributed by atoms with Crippen molar-refractivity contribution in [1.29, 1.82) is 0 Å². The van der Waals surface area contributed by atoms with E-state index in [1.807, 2.05) is 49.6 Å². The van der Waals surface area contributed by atoms with Crippen LogP contribution in [0.15, 0.2) is 42.5 Å². The van der Waals surface area contributed by atoms with Crippen LogP contribution in [-0.4, -0.2) is 16.6 Å². The Labute approximate surface area is 155 Å². The van der Waals surface area contributed by atoms with E-state index in [9.17, 15) is 4.79 Å². The van der Waals surface area contributed by atoms with Gasteiger partial charge in [-0.3, -0.25) is 0 Å². The minimum atomic E-state index is -2.01. The van der Waals surface area contributed by atoms with Crippen molar-refractivity contribution in [2.45, 2.75) is 26.9 Å². The van der Waals surface area contributed by atoms with Crippen molar-refractivity contribution in [1.82, 2.24) is 0 Å². The number of hydrogen-bond donors (Lipinski definition) is 1. The molecule has 0 spiro atoms. The van der Waals surface area contributed by atoms with Crippen molar-refractivity contribution in [3.05, 3.63) is 59.2 Å². The number of ether oxygens (including phenoxy) is 1. The number of amides is 1. The fraction of sp³-hybridized carbons (Fsp3) is 0.222. The van der Waals surface area contributed by atoms with Gasteiger partial charge in [0.2, 0.25) is 0 Å². The van der Waals surface area contributed by atoms with Gasteiger partial charge in [-0.15, -0.1) is 0 Å². The number of carbonyl (C=O) groups excluding carboxylic acids is 1. The summed E-state index contributed by atoms with van der Waals surface area (Å²) in [4.78, 5) is 12.3. The van der Waals surface area contributed by atoms with Crippen molar-refractivity contribution in [2.75, 3.05) is 5.32 Å². The topological polar surface area (TPSA) is 38.3 Å². The van der Waals surface area contributed by atoms with Gasteiger partial charge in [0.1, 0.15) is 0 Å². The van der Waals surface area contributed by atoms with E-state index < -0.39 is 13.5 Å². The summed E-state index contributed by atoms with van der Waals surface area (Å²) in [7, 11) is 12.0. The van der Waals surface area contributed by atoms with Gasteiger partial charge < -0.3 is 0 Å². The summed E-state index contributed by atoms with van der Waals surface area (Å²) in [6.45, 7) is 5.89. The molecule has 1 amide bonds. The Kier molecular flexibility index (Phi) is 6.97.